The summed E-state index contributed by atoms with van der Waals surface area (Å²) in [6.45, 7) is 0. The van der Waals surface area contributed by atoms with E-state index < -0.39 is 15.5 Å². The first-order chi connectivity index (χ1) is 5.54. The van der Waals surface area contributed by atoms with E-state index in [0.717, 1.165) is 0 Å². The monoisotopic (exact) mass is 196 g/mol. The van der Waals surface area contributed by atoms with Crippen LogP contribution in [0.4, 0.5) is 3.89 Å². The maximum absolute atomic E-state index is 12.4. The van der Waals surface area contributed by atoms with Crippen LogP contribution < -0.4 is 0 Å². The molecule has 0 bridgehead atoms. The molecule has 0 aromatic carbocycles. The van der Waals surface area contributed by atoms with Crippen molar-refractivity contribution in [3.05, 3.63) is 0 Å². The van der Waals surface area contributed by atoms with E-state index in [1.807, 2.05) is 0 Å². The van der Waals surface area contributed by atoms with Crippen LogP contribution in [0.5, 0.6) is 0 Å². The van der Waals surface area contributed by atoms with Gasteiger partial charge in [-0.3, -0.25) is 0 Å². The minimum absolute atomic E-state index is 0.114. The summed E-state index contributed by atoms with van der Waals surface area (Å²) in [6.07, 6.45) is 2.17. The number of halogens is 1. The van der Waals surface area contributed by atoms with Gasteiger partial charge in [-0.05, 0) is 25.7 Å². The van der Waals surface area contributed by atoms with Gasteiger partial charge in [0.25, 0.3) is 0 Å². The molecular formula is C7H13FO3S. The molecule has 1 aliphatic carbocycles. The van der Waals surface area contributed by atoms with Gasteiger partial charge in [0.05, 0.1) is 11.4 Å². The van der Waals surface area contributed by atoms with Crippen molar-refractivity contribution >= 4 is 10.2 Å². The Morgan fingerprint density at radius 1 is 1.25 bits per heavy atom. The summed E-state index contributed by atoms with van der Waals surface area (Å²) in [4.78, 5) is 0. The molecule has 1 fully saturated rings. The van der Waals surface area contributed by atoms with Crippen molar-refractivity contribution in [2.75, 3.05) is 7.11 Å². The standard InChI is InChI=1S/C7H13FO3S/c1-11-6-2-4-7(5-3-6)12(8,9)10/h6-7H,2-5H2,1H3. The van der Waals surface area contributed by atoms with Crippen LogP contribution in [0.2, 0.25) is 0 Å². The molecule has 0 N–H and O–H groups in total. The van der Waals surface area contributed by atoms with Crippen LogP contribution >= 0.6 is 0 Å². The molecule has 0 aliphatic heterocycles. The van der Waals surface area contributed by atoms with Gasteiger partial charge in [0.1, 0.15) is 0 Å². The van der Waals surface area contributed by atoms with Crippen LogP contribution in [-0.2, 0) is 15.0 Å². The third-order valence-corrected chi connectivity index (χ3v) is 3.62. The Hall–Kier alpha value is -0.160. The van der Waals surface area contributed by atoms with Crippen LogP contribution in [0.1, 0.15) is 25.7 Å². The zero-order valence-electron chi connectivity index (χ0n) is 6.99. The summed E-state index contributed by atoms with van der Waals surface area (Å²) >= 11 is 0. The van der Waals surface area contributed by atoms with Crippen molar-refractivity contribution in [1.82, 2.24) is 0 Å². The molecule has 0 aromatic rings. The molecule has 0 unspecified atom stereocenters. The van der Waals surface area contributed by atoms with Crippen LogP contribution in [0, 0.1) is 0 Å². The largest absolute Gasteiger partial charge is 0.381 e. The number of methoxy groups -OCH3 is 1. The lowest BCUT2D eigenvalue weighted by atomic mass is 9.97. The molecule has 12 heavy (non-hydrogen) atoms. The maximum atomic E-state index is 12.4. The minimum atomic E-state index is -4.31. The van der Waals surface area contributed by atoms with Gasteiger partial charge in [-0.25, -0.2) is 0 Å². The predicted molar refractivity (Wildman–Crippen MR) is 43.1 cm³/mol. The highest BCUT2D eigenvalue weighted by Gasteiger charge is 2.30. The van der Waals surface area contributed by atoms with E-state index in [2.05, 4.69) is 0 Å². The summed E-state index contributed by atoms with van der Waals surface area (Å²) in [5.74, 6) is 0. The molecule has 0 heterocycles. The third kappa shape index (κ3) is 2.42. The highest BCUT2D eigenvalue weighted by Crippen LogP contribution is 2.26. The first-order valence-electron chi connectivity index (χ1n) is 4.00. The Kier molecular flexibility index (Phi) is 3.06. The normalized spacial score (nSPS) is 31.8. The summed E-state index contributed by atoms with van der Waals surface area (Å²) in [7, 11) is -2.72. The minimum Gasteiger partial charge on any atom is -0.381 e. The Morgan fingerprint density at radius 3 is 2.08 bits per heavy atom. The third-order valence-electron chi connectivity index (χ3n) is 2.35. The van der Waals surface area contributed by atoms with Gasteiger partial charge in [0.15, 0.2) is 0 Å². The zero-order valence-corrected chi connectivity index (χ0v) is 7.81. The van der Waals surface area contributed by atoms with Gasteiger partial charge in [-0.2, -0.15) is 8.42 Å². The van der Waals surface area contributed by atoms with Crippen molar-refractivity contribution < 1.29 is 17.0 Å². The fraction of sp³-hybridized carbons (Fsp3) is 1.00. The van der Waals surface area contributed by atoms with E-state index in [1.165, 1.54) is 0 Å². The van der Waals surface area contributed by atoms with Crippen LogP contribution in [-0.4, -0.2) is 26.9 Å². The molecule has 0 saturated heterocycles. The Balaban J connectivity index is 2.47. The van der Waals surface area contributed by atoms with Crippen LogP contribution in [0.15, 0.2) is 0 Å². The summed E-state index contributed by atoms with van der Waals surface area (Å²) < 4.78 is 38.4. The molecule has 3 nitrogen and oxygen atoms in total. The van der Waals surface area contributed by atoms with Crippen molar-refractivity contribution in [3.63, 3.8) is 0 Å². The number of hydrogen-bond donors (Lipinski definition) is 0. The average Bonchev–Trinajstić information content (AvgIpc) is 2.03. The zero-order chi connectivity index (χ0) is 9.19. The highest BCUT2D eigenvalue weighted by molar-refractivity contribution is 7.87. The molecule has 0 atom stereocenters. The number of ether oxygens (including phenoxy) is 1. The first kappa shape index (κ1) is 9.92. The van der Waals surface area contributed by atoms with Crippen LogP contribution in [0.25, 0.3) is 0 Å². The molecule has 0 amide bonds. The van der Waals surface area contributed by atoms with E-state index in [9.17, 15) is 12.3 Å². The lowest BCUT2D eigenvalue weighted by Gasteiger charge is -2.24. The first-order valence-corrected chi connectivity index (χ1v) is 5.45. The lowest BCUT2D eigenvalue weighted by Crippen LogP contribution is -2.27. The molecule has 0 aromatic heterocycles. The second-order valence-corrected chi connectivity index (χ2v) is 4.73. The molecule has 5 heteroatoms. The molecule has 72 valence electrons. The second-order valence-electron chi connectivity index (χ2n) is 3.11. The molecule has 0 radical (unpaired) electrons. The SMILES string of the molecule is COC1CCC(S(=O)(=O)F)CC1. The van der Waals surface area contributed by atoms with Crippen LogP contribution in [0.3, 0.4) is 0 Å². The Morgan fingerprint density at radius 2 is 1.75 bits per heavy atom. The number of hydrogen-bond acceptors (Lipinski definition) is 3. The van der Waals surface area contributed by atoms with Crippen molar-refractivity contribution in [1.29, 1.82) is 0 Å². The van der Waals surface area contributed by atoms with E-state index >= 15 is 0 Å². The molecular weight excluding hydrogens is 183 g/mol. The number of rotatable bonds is 2. The Labute approximate surface area is 72.1 Å². The van der Waals surface area contributed by atoms with Gasteiger partial charge < -0.3 is 4.74 Å². The van der Waals surface area contributed by atoms with E-state index in [-0.39, 0.29) is 6.10 Å². The molecule has 1 aliphatic rings. The van der Waals surface area contributed by atoms with E-state index in [1.54, 1.807) is 7.11 Å². The quantitative estimate of drug-likeness (QED) is 0.624. The van der Waals surface area contributed by atoms with Gasteiger partial charge >= 0.3 is 10.2 Å². The van der Waals surface area contributed by atoms with E-state index in [0.29, 0.717) is 25.7 Å². The van der Waals surface area contributed by atoms with Gasteiger partial charge in [0, 0.05) is 7.11 Å². The molecule has 1 saturated carbocycles. The topological polar surface area (TPSA) is 43.4 Å². The smallest absolute Gasteiger partial charge is 0.305 e. The highest BCUT2D eigenvalue weighted by atomic mass is 32.3. The fourth-order valence-corrected chi connectivity index (χ4v) is 2.38. The van der Waals surface area contributed by atoms with Gasteiger partial charge in [-0.1, -0.05) is 0 Å². The van der Waals surface area contributed by atoms with Crippen molar-refractivity contribution in [2.45, 2.75) is 37.0 Å². The van der Waals surface area contributed by atoms with Gasteiger partial charge in [-0.15, -0.1) is 3.89 Å². The second kappa shape index (κ2) is 3.70. The van der Waals surface area contributed by atoms with Crippen molar-refractivity contribution in [3.8, 4) is 0 Å². The molecule has 0 spiro atoms. The maximum Gasteiger partial charge on any atom is 0.305 e. The Bertz CT molecular complexity index is 229. The predicted octanol–water partition coefficient (Wildman–Crippen LogP) is 1.24. The summed E-state index contributed by atoms with van der Waals surface area (Å²) in [5, 5.41) is -0.788. The summed E-state index contributed by atoms with van der Waals surface area (Å²) in [6, 6.07) is 0. The van der Waals surface area contributed by atoms with Gasteiger partial charge in [0.2, 0.25) is 0 Å². The fourth-order valence-electron chi connectivity index (χ4n) is 1.55. The summed E-state index contributed by atoms with van der Waals surface area (Å²) in [5.41, 5.74) is 0. The average molecular weight is 196 g/mol. The molecule has 1 rings (SSSR count). The van der Waals surface area contributed by atoms with E-state index in [4.69, 9.17) is 4.74 Å². The van der Waals surface area contributed by atoms with Crippen molar-refractivity contribution in [2.24, 2.45) is 0 Å². The lowest BCUT2D eigenvalue weighted by molar-refractivity contribution is 0.0714.